The molecule has 184 valence electrons. The Bertz CT molecular complexity index is 1240. The summed E-state index contributed by atoms with van der Waals surface area (Å²) in [5, 5.41) is 4.30. The van der Waals surface area contributed by atoms with Gasteiger partial charge in [-0.15, -0.1) is 0 Å². The van der Waals surface area contributed by atoms with Crippen LogP contribution in [0.15, 0.2) is 53.4 Å². The van der Waals surface area contributed by atoms with Gasteiger partial charge in [0.15, 0.2) is 5.76 Å². The topological polar surface area (TPSA) is 71.4 Å². The zero-order chi connectivity index (χ0) is 24.7. The molecule has 0 aromatic heterocycles. The molecule has 3 aliphatic heterocycles. The second kappa shape index (κ2) is 9.11. The van der Waals surface area contributed by atoms with Crippen molar-refractivity contribution in [2.24, 2.45) is 5.16 Å². The normalized spacial score (nSPS) is 26.5. The highest BCUT2D eigenvalue weighted by atomic mass is 32.2. The van der Waals surface area contributed by atoms with Gasteiger partial charge in [0.05, 0.1) is 24.1 Å². The molecule has 1 spiro atoms. The molecule has 0 N–H and O–H groups in total. The Hall–Kier alpha value is -3.20. The van der Waals surface area contributed by atoms with Crippen LogP contribution >= 0.6 is 0 Å². The summed E-state index contributed by atoms with van der Waals surface area (Å²) in [5.41, 5.74) is 3.30. The zero-order valence-corrected chi connectivity index (χ0v) is 20.8. The van der Waals surface area contributed by atoms with Crippen LogP contribution in [0, 0.1) is 5.82 Å². The van der Waals surface area contributed by atoms with Gasteiger partial charge < -0.3 is 19.4 Å². The molecule has 3 aliphatic rings. The molecule has 2 fully saturated rings. The fraction of sp³-hybridized carbons (Fsp3) is 0.385. The molecule has 0 saturated carbocycles. The summed E-state index contributed by atoms with van der Waals surface area (Å²) in [7, 11) is 0.559. The van der Waals surface area contributed by atoms with Crippen molar-refractivity contribution in [3.63, 3.8) is 0 Å². The number of carbonyl (C=O) groups excluding carboxylic acids is 1. The summed E-state index contributed by atoms with van der Waals surface area (Å²) in [5.74, 6) is 1.68. The van der Waals surface area contributed by atoms with E-state index in [0.29, 0.717) is 36.2 Å². The maximum Gasteiger partial charge on any atom is 0.223 e. The second-order valence-corrected chi connectivity index (χ2v) is 10.7. The molecular formula is C26H28FN3O4S. The van der Waals surface area contributed by atoms with Crippen LogP contribution in [0.4, 0.5) is 10.1 Å². The van der Waals surface area contributed by atoms with E-state index in [2.05, 4.69) is 16.1 Å². The predicted molar refractivity (Wildman–Crippen MR) is 134 cm³/mol. The second-order valence-electron chi connectivity index (χ2n) is 9.28. The quantitative estimate of drug-likeness (QED) is 0.604. The first-order chi connectivity index (χ1) is 16.8. The SMILES string of the molecule is CON=C1/C(=C/c2ccc3c(c2)CCN3C(C)=O)OC2(CN1C(C)c1ccc(F)cc1)CS(=O)C2. The third-order valence-corrected chi connectivity index (χ3v) is 8.50. The lowest BCUT2D eigenvalue weighted by Gasteiger charge is -2.50. The first-order valence-electron chi connectivity index (χ1n) is 11.6. The van der Waals surface area contributed by atoms with Gasteiger partial charge in [-0.1, -0.05) is 23.4 Å². The van der Waals surface area contributed by atoms with Crippen LogP contribution < -0.4 is 4.90 Å². The van der Waals surface area contributed by atoms with Crippen molar-refractivity contribution in [2.75, 3.05) is 36.6 Å². The van der Waals surface area contributed by atoms with Gasteiger partial charge in [0.1, 0.15) is 18.5 Å². The number of hydrogen-bond donors (Lipinski definition) is 0. The van der Waals surface area contributed by atoms with Gasteiger partial charge >= 0.3 is 0 Å². The zero-order valence-electron chi connectivity index (χ0n) is 20.0. The number of morpholine rings is 1. The molecule has 0 bridgehead atoms. The summed E-state index contributed by atoms with van der Waals surface area (Å²) in [6.07, 6.45) is 2.71. The van der Waals surface area contributed by atoms with Crippen molar-refractivity contribution in [1.29, 1.82) is 0 Å². The lowest BCUT2D eigenvalue weighted by atomic mass is 9.99. The van der Waals surface area contributed by atoms with E-state index in [1.54, 1.807) is 24.0 Å². The number of amidine groups is 1. The minimum atomic E-state index is -0.927. The Balaban J connectivity index is 1.53. The lowest BCUT2D eigenvalue weighted by Crippen LogP contribution is -2.64. The van der Waals surface area contributed by atoms with E-state index < -0.39 is 16.4 Å². The lowest BCUT2D eigenvalue weighted by molar-refractivity contribution is -0.116. The number of fused-ring (bicyclic) bond motifs is 1. The Kier molecular flexibility index (Phi) is 6.13. The molecule has 1 unspecified atom stereocenters. The van der Waals surface area contributed by atoms with Gasteiger partial charge in [0.2, 0.25) is 11.7 Å². The van der Waals surface area contributed by atoms with E-state index in [-0.39, 0.29) is 17.8 Å². The molecule has 7 nitrogen and oxygen atoms in total. The molecule has 2 aromatic carbocycles. The van der Waals surface area contributed by atoms with Crippen LogP contribution in [0.2, 0.25) is 0 Å². The van der Waals surface area contributed by atoms with Gasteiger partial charge in [-0.05, 0) is 60.4 Å². The van der Waals surface area contributed by atoms with E-state index in [0.717, 1.165) is 28.8 Å². The van der Waals surface area contributed by atoms with Crippen molar-refractivity contribution in [3.8, 4) is 0 Å². The number of nitrogens with zero attached hydrogens (tertiary/aromatic N) is 3. The van der Waals surface area contributed by atoms with E-state index in [9.17, 15) is 13.4 Å². The molecule has 0 aliphatic carbocycles. The van der Waals surface area contributed by atoms with Crippen LogP contribution in [0.25, 0.3) is 6.08 Å². The Labute approximate surface area is 206 Å². The highest BCUT2D eigenvalue weighted by Crippen LogP contribution is 2.39. The predicted octanol–water partition coefficient (Wildman–Crippen LogP) is 3.63. The van der Waals surface area contributed by atoms with Crippen LogP contribution in [0.3, 0.4) is 0 Å². The third-order valence-electron chi connectivity index (χ3n) is 6.80. The van der Waals surface area contributed by atoms with Gasteiger partial charge in [-0.25, -0.2) is 4.39 Å². The molecular weight excluding hydrogens is 469 g/mol. The van der Waals surface area contributed by atoms with Crippen molar-refractivity contribution in [1.82, 2.24) is 4.90 Å². The maximum absolute atomic E-state index is 13.5. The number of amides is 1. The molecule has 3 heterocycles. The molecule has 35 heavy (non-hydrogen) atoms. The Morgan fingerprint density at radius 2 is 2.00 bits per heavy atom. The highest BCUT2D eigenvalue weighted by Gasteiger charge is 2.52. The van der Waals surface area contributed by atoms with Gasteiger partial charge in [0.25, 0.3) is 0 Å². The number of benzene rings is 2. The molecule has 1 amide bonds. The fourth-order valence-electron chi connectivity index (χ4n) is 5.04. The maximum atomic E-state index is 13.5. The number of hydrogen-bond acceptors (Lipinski definition) is 5. The van der Waals surface area contributed by atoms with Gasteiger partial charge in [0, 0.05) is 30.0 Å². The smallest absolute Gasteiger partial charge is 0.223 e. The monoisotopic (exact) mass is 497 g/mol. The third kappa shape index (κ3) is 4.45. The first-order valence-corrected chi connectivity index (χ1v) is 13.1. The minimum absolute atomic E-state index is 0.0327. The molecule has 5 rings (SSSR count). The number of anilines is 1. The summed E-state index contributed by atoms with van der Waals surface area (Å²) in [6, 6.07) is 12.2. The summed E-state index contributed by atoms with van der Waals surface area (Å²) < 4.78 is 32.1. The average molecular weight is 498 g/mol. The molecule has 2 aromatic rings. The number of ether oxygens (including phenoxy) is 1. The summed E-state index contributed by atoms with van der Waals surface area (Å²) in [6.45, 7) is 4.77. The molecule has 1 atom stereocenters. The average Bonchev–Trinajstić information content (AvgIpc) is 3.23. The molecule has 0 radical (unpaired) electrons. The Morgan fingerprint density at radius 3 is 2.66 bits per heavy atom. The summed E-state index contributed by atoms with van der Waals surface area (Å²) >= 11 is 0. The van der Waals surface area contributed by atoms with E-state index in [4.69, 9.17) is 9.57 Å². The molecule has 9 heteroatoms. The van der Waals surface area contributed by atoms with E-state index in [1.807, 2.05) is 25.1 Å². The highest BCUT2D eigenvalue weighted by molar-refractivity contribution is 7.86. The van der Waals surface area contributed by atoms with Crippen molar-refractivity contribution in [2.45, 2.75) is 31.9 Å². The standard InChI is InChI=1S/C26H28FN3O4S/c1-17(20-5-7-22(27)8-6-20)30-14-26(15-35(32)16-26)34-24(25(30)28-33-3)13-19-4-9-23-21(12-19)10-11-29(23)18(2)31/h4-9,12-13,17H,10-11,14-16H2,1-3H3/b24-13-,28-25?. The number of carbonyl (C=O) groups is 1. The first kappa shape index (κ1) is 23.5. The Morgan fingerprint density at radius 1 is 1.26 bits per heavy atom. The van der Waals surface area contributed by atoms with Crippen LogP contribution in [-0.4, -0.2) is 58.2 Å². The number of halogens is 1. The fourth-order valence-corrected chi connectivity index (χ4v) is 6.43. The van der Waals surface area contributed by atoms with Crippen molar-refractivity contribution in [3.05, 3.63) is 70.7 Å². The summed E-state index contributed by atoms with van der Waals surface area (Å²) in [4.78, 5) is 21.0. The van der Waals surface area contributed by atoms with Crippen molar-refractivity contribution < 1.29 is 23.0 Å². The van der Waals surface area contributed by atoms with Gasteiger partial charge in [-0.3, -0.25) is 9.00 Å². The van der Waals surface area contributed by atoms with E-state index >= 15 is 0 Å². The van der Waals surface area contributed by atoms with Crippen molar-refractivity contribution >= 4 is 34.3 Å². The van der Waals surface area contributed by atoms with E-state index in [1.165, 1.54) is 19.2 Å². The number of rotatable bonds is 4. The minimum Gasteiger partial charge on any atom is -0.479 e. The molecule has 2 saturated heterocycles. The van der Waals surface area contributed by atoms with Crippen LogP contribution in [0.1, 0.15) is 36.6 Å². The van der Waals surface area contributed by atoms with Gasteiger partial charge in [-0.2, -0.15) is 0 Å². The van der Waals surface area contributed by atoms with Crippen LogP contribution in [0.5, 0.6) is 0 Å². The van der Waals surface area contributed by atoms with Crippen LogP contribution in [-0.2, 0) is 31.6 Å². The largest absolute Gasteiger partial charge is 0.479 e. The number of oxime groups is 1.